The van der Waals surface area contributed by atoms with Gasteiger partial charge >= 0.3 is 0 Å². The Kier molecular flexibility index (Phi) is 3.36. The highest BCUT2D eigenvalue weighted by Crippen LogP contribution is 2.11. The standard InChI is InChI=1S/C11H9BrN2OS/c12-9-3-1-8(2-4-9)7-14-6-5-10(15)13-11(14)16/h1-6H,7H2,(H,13,15,16). The third kappa shape index (κ3) is 2.68. The number of H-pyrrole nitrogens is 1. The molecule has 5 heteroatoms. The maximum atomic E-state index is 11.0. The number of nitrogens with zero attached hydrogens (tertiary/aromatic N) is 1. The molecule has 0 radical (unpaired) electrons. The van der Waals surface area contributed by atoms with Crippen LogP contribution in [0.4, 0.5) is 0 Å². The van der Waals surface area contributed by atoms with Crippen LogP contribution in [0.3, 0.4) is 0 Å². The minimum atomic E-state index is -0.169. The summed E-state index contributed by atoms with van der Waals surface area (Å²) < 4.78 is 3.30. The van der Waals surface area contributed by atoms with Crippen molar-refractivity contribution in [1.29, 1.82) is 0 Å². The van der Waals surface area contributed by atoms with E-state index in [4.69, 9.17) is 12.2 Å². The molecule has 82 valence electrons. The van der Waals surface area contributed by atoms with E-state index in [2.05, 4.69) is 20.9 Å². The van der Waals surface area contributed by atoms with Crippen molar-refractivity contribution in [1.82, 2.24) is 9.55 Å². The minimum Gasteiger partial charge on any atom is -0.321 e. The van der Waals surface area contributed by atoms with Gasteiger partial charge in [0, 0.05) is 23.3 Å². The number of rotatable bonds is 2. The molecule has 0 aliphatic rings. The zero-order valence-corrected chi connectivity index (χ0v) is 10.7. The quantitative estimate of drug-likeness (QED) is 0.866. The second-order valence-electron chi connectivity index (χ2n) is 3.36. The third-order valence-electron chi connectivity index (χ3n) is 2.16. The largest absolute Gasteiger partial charge is 0.321 e. The van der Waals surface area contributed by atoms with E-state index in [0.717, 1.165) is 10.0 Å². The van der Waals surface area contributed by atoms with Gasteiger partial charge in [0.2, 0.25) is 0 Å². The molecule has 2 rings (SSSR count). The van der Waals surface area contributed by atoms with Gasteiger partial charge in [-0.05, 0) is 29.9 Å². The molecule has 0 fully saturated rings. The first-order chi connectivity index (χ1) is 7.65. The van der Waals surface area contributed by atoms with Gasteiger partial charge in [-0.2, -0.15) is 0 Å². The maximum Gasteiger partial charge on any atom is 0.251 e. The lowest BCUT2D eigenvalue weighted by atomic mass is 10.2. The average Bonchev–Trinajstić information content (AvgIpc) is 2.25. The number of hydrogen-bond donors (Lipinski definition) is 1. The van der Waals surface area contributed by atoms with E-state index in [1.807, 2.05) is 28.8 Å². The fraction of sp³-hybridized carbons (Fsp3) is 0.0909. The summed E-state index contributed by atoms with van der Waals surface area (Å²) in [6.45, 7) is 0.656. The van der Waals surface area contributed by atoms with E-state index in [-0.39, 0.29) is 5.56 Å². The Morgan fingerprint density at radius 1 is 1.25 bits per heavy atom. The van der Waals surface area contributed by atoms with Crippen molar-refractivity contribution in [3.63, 3.8) is 0 Å². The van der Waals surface area contributed by atoms with Crippen LogP contribution in [-0.2, 0) is 6.54 Å². The van der Waals surface area contributed by atoms with Crippen LogP contribution in [0.1, 0.15) is 5.56 Å². The van der Waals surface area contributed by atoms with Crippen LogP contribution in [0.2, 0.25) is 0 Å². The highest BCUT2D eigenvalue weighted by Gasteiger charge is 1.96. The van der Waals surface area contributed by atoms with Crippen LogP contribution < -0.4 is 5.56 Å². The Morgan fingerprint density at radius 2 is 1.94 bits per heavy atom. The first kappa shape index (κ1) is 11.3. The molecule has 1 aromatic carbocycles. The van der Waals surface area contributed by atoms with E-state index in [1.54, 1.807) is 6.20 Å². The number of aromatic nitrogens is 2. The molecule has 0 amide bonds. The van der Waals surface area contributed by atoms with Gasteiger partial charge in [0.25, 0.3) is 5.56 Å². The van der Waals surface area contributed by atoms with Crippen LogP contribution in [0.15, 0.2) is 45.8 Å². The van der Waals surface area contributed by atoms with Crippen molar-refractivity contribution >= 4 is 28.1 Å². The van der Waals surface area contributed by atoms with Crippen LogP contribution >= 0.6 is 28.1 Å². The fourth-order valence-electron chi connectivity index (χ4n) is 1.36. The zero-order chi connectivity index (χ0) is 11.5. The SMILES string of the molecule is O=c1ccn(Cc2ccc(Br)cc2)c(=S)[nH]1. The summed E-state index contributed by atoms with van der Waals surface area (Å²) in [6, 6.07) is 9.44. The Hall–Kier alpha value is -1.20. The number of aromatic amines is 1. The maximum absolute atomic E-state index is 11.0. The highest BCUT2D eigenvalue weighted by atomic mass is 79.9. The van der Waals surface area contributed by atoms with Crippen molar-refractivity contribution in [2.75, 3.05) is 0 Å². The Morgan fingerprint density at radius 3 is 2.56 bits per heavy atom. The second-order valence-corrected chi connectivity index (χ2v) is 4.67. The summed E-state index contributed by atoms with van der Waals surface area (Å²) in [7, 11) is 0. The smallest absolute Gasteiger partial charge is 0.251 e. The summed E-state index contributed by atoms with van der Waals surface area (Å²) in [4.78, 5) is 13.6. The first-order valence-corrected chi connectivity index (χ1v) is 5.89. The highest BCUT2D eigenvalue weighted by molar-refractivity contribution is 9.10. The van der Waals surface area contributed by atoms with Crippen molar-refractivity contribution in [3.05, 3.63) is 61.7 Å². The molecular formula is C11H9BrN2OS. The molecule has 0 bridgehead atoms. The number of benzene rings is 1. The average molecular weight is 297 g/mol. The van der Waals surface area contributed by atoms with Crippen LogP contribution in [0.5, 0.6) is 0 Å². The van der Waals surface area contributed by atoms with Crippen molar-refractivity contribution in [3.8, 4) is 0 Å². The minimum absolute atomic E-state index is 0.169. The molecule has 0 aliphatic carbocycles. The van der Waals surface area contributed by atoms with E-state index in [9.17, 15) is 4.79 Å². The fourth-order valence-corrected chi connectivity index (χ4v) is 1.85. The molecule has 1 N–H and O–H groups in total. The molecule has 0 saturated heterocycles. The molecule has 16 heavy (non-hydrogen) atoms. The molecule has 2 aromatic rings. The Balaban J connectivity index is 2.30. The molecule has 1 heterocycles. The number of nitrogens with one attached hydrogen (secondary N) is 1. The molecule has 0 saturated carbocycles. The monoisotopic (exact) mass is 296 g/mol. The predicted octanol–water partition coefficient (Wildman–Crippen LogP) is 2.72. The van der Waals surface area contributed by atoms with Crippen LogP contribution in [0, 0.1) is 4.77 Å². The lowest BCUT2D eigenvalue weighted by molar-refractivity contribution is 0.745. The van der Waals surface area contributed by atoms with Crippen molar-refractivity contribution < 1.29 is 0 Å². The molecular weight excluding hydrogens is 288 g/mol. The topological polar surface area (TPSA) is 37.8 Å². The molecule has 0 unspecified atom stereocenters. The summed E-state index contributed by atoms with van der Waals surface area (Å²) in [5.41, 5.74) is 0.961. The zero-order valence-electron chi connectivity index (χ0n) is 8.31. The van der Waals surface area contributed by atoms with Gasteiger partial charge < -0.3 is 4.57 Å². The van der Waals surface area contributed by atoms with E-state index in [1.165, 1.54) is 6.07 Å². The lowest BCUT2D eigenvalue weighted by Gasteiger charge is -2.05. The first-order valence-electron chi connectivity index (χ1n) is 4.69. The summed E-state index contributed by atoms with van der Waals surface area (Å²) >= 11 is 8.44. The number of halogens is 1. The molecule has 0 atom stereocenters. The molecule has 1 aromatic heterocycles. The van der Waals surface area contributed by atoms with Gasteiger partial charge in [-0.3, -0.25) is 9.78 Å². The third-order valence-corrected chi connectivity index (χ3v) is 3.03. The van der Waals surface area contributed by atoms with Gasteiger partial charge in [0.1, 0.15) is 0 Å². The molecule has 0 aliphatic heterocycles. The van der Waals surface area contributed by atoms with Crippen LogP contribution in [-0.4, -0.2) is 9.55 Å². The van der Waals surface area contributed by atoms with Gasteiger partial charge in [0.05, 0.1) is 0 Å². The lowest BCUT2D eigenvalue weighted by Crippen LogP contribution is -2.11. The van der Waals surface area contributed by atoms with Crippen molar-refractivity contribution in [2.24, 2.45) is 0 Å². The summed E-state index contributed by atoms with van der Waals surface area (Å²) in [5.74, 6) is 0. The summed E-state index contributed by atoms with van der Waals surface area (Å²) in [5, 5.41) is 0. The summed E-state index contributed by atoms with van der Waals surface area (Å²) in [6.07, 6.45) is 1.70. The van der Waals surface area contributed by atoms with E-state index >= 15 is 0 Å². The van der Waals surface area contributed by atoms with E-state index in [0.29, 0.717) is 11.3 Å². The van der Waals surface area contributed by atoms with Gasteiger partial charge in [-0.25, -0.2) is 0 Å². The normalized spacial score (nSPS) is 10.3. The van der Waals surface area contributed by atoms with Gasteiger partial charge in [-0.15, -0.1) is 0 Å². The van der Waals surface area contributed by atoms with Gasteiger partial charge in [-0.1, -0.05) is 28.1 Å². The van der Waals surface area contributed by atoms with Gasteiger partial charge in [0.15, 0.2) is 4.77 Å². The van der Waals surface area contributed by atoms with E-state index < -0.39 is 0 Å². The Bertz CT molecular complexity index is 600. The predicted molar refractivity (Wildman–Crippen MR) is 69.1 cm³/mol. The van der Waals surface area contributed by atoms with Crippen LogP contribution in [0.25, 0.3) is 0 Å². The second kappa shape index (κ2) is 4.76. The Labute approximate surface area is 106 Å². The van der Waals surface area contributed by atoms with Crippen molar-refractivity contribution in [2.45, 2.75) is 6.54 Å². The molecule has 3 nitrogen and oxygen atoms in total. The molecule has 0 spiro atoms. The number of hydrogen-bond acceptors (Lipinski definition) is 2.